The number of oxazole rings is 1. The zero-order chi connectivity index (χ0) is 18.2. The Balaban J connectivity index is 1.85. The predicted octanol–water partition coefficient (Wildman–Crippen LogP) is 3.93. The van der Waals surface area contributed by atoms with E-state index in [0.717, 1.165) is 35.3 Å². The Hall–Kier alpha value is -2.37. The first-order valence-corrected chi connectivity index (χ1v) is 8.77. The highest BCUT2D eigenvalue weighted by Crippen LogP contribution is 2.31. The van der Waals surface area contributed by atoms with Crippen LogP contribution in [-0.2, 0) is 18.9 Å². The zero-order valence-corrected chi connectivity index (χ0v) is 15.9. The quantitative estimate of drug-likeness (QED) is 0.737. The lowest BCUT2D eigenvalue weighted by Crippen LogP contribution is -2.24. The molecule has 0 fully saturated rings. The Bertz CT molecular complexity index is 826. The molecule has 0 amide bonds. The first-order chi connectivity index (χ1) is 11.8. The standard InChI is InChI=1S/C19H27N5O/c1-12(2)17-23-15(11-25-17)19(4,5)18-22-14(10-24(18)6)9-13(3)16-20-7-8-21-16/h7-8,10-13H,9H2,1-6H3,(H,20,21). The highest BCUT2D eigenvalue weighted by molar-refractivity contribution is 5.25. The fourth-order valence-corrected chi connectivity index (χ4v) is 3.12. The lowest BCUT2D eigenvalue weighted by atomic mass is 9.89. The summed E-state index contributed by atoms with van der Waals surface area (Å²) < 4.78 is 7.72. The van der Waals surface area contributed by atoms with Crippen molar-refractivity contribution in [3.05, 3.63) is 53.8 Å². The van der Waals surface area contributed by atoms with Gasteiger partial charge in [-0.25, -0.2) is 15.0 Å². The van der Waals surface area contributed by atoms with Crippen LogP contribution in [0.15, 0.2) is 29.3 Å². The fraction of sp³-hybridized carbons (Fsp3) is 0.526. The maximum absolute atomic E-state index is 5.63. The van der Waals surface area contributed by atoms with E-state index >= 15 is 0 Å². The van der Waals surface area contributed by atoms with E-state index < -0.39 is 0 Å². The van der Waals surface area contributed by atoms with Crippen LogP contribution in [0, 0.1) is 0 Å². The second-order valence-corrected chi connectivity index (χ2v) is 7.60. The summed E-state index contributed by atoms with van der Waals surface area (Å²) in [5.74, 6) is 3.31. The molecular formula is C19H27N5O. The average Bonchev–Trinajstić information content (AvgIpc) is 3.28. The van der Waals surface area contributed by atoms with Gasteiger partial charge in [-0.1, -0.05) is 20.8 Å². The minimum Gasteiger partial charge on any atom is -0.448 e. The maximum atomic E-state index is 5.63. The summed E-state index contributed by atoms with van der Waals surface area (Å²) >= 11 is 0. The summed E-state index contributed by atoms with van der Waals surface area (Å²) in [6.45, 7) is 10.6. The molecule has 0 spiro atoms. The third kappa shape index (κ3) is 3.38. The molecule has 1 unspecified atom stereocenters. The number of aromatic nitrogens is 5. The monoisotopic (exact) mass is 341 g/mol. The lowest BCUT2D eigenvalue weighted by Gasteiger charge is -2.21. The van der Waals surface area contributed by atoms with E-state index in [0.29, 0.717) is 5.92 Å². The van der Waals surface area contributed by atoms with Crippen molar-refractivity contribution in [1.82, 2.24) is 24.5 Å². The summed E-state index contributed by atoms with van der Waals surface area (Å²) in [5.41, 5.74) is 1.65. The van der Waals surface area contributed by atoms with Gasteiger partial charge in [0.2, 0.25) is 0 Å². The van der Waals surface area contributed by atoms with E-state index in [-0.39, 0.29) is 11.3 Å². The Morgan fingerprint density at radius 3 is 2.60 bits per heavy atom. The van der Waals surface area contributed by atoms with E-state index in [1.54, 1.807) is 12.5 Å². The third-order valence-electron chi connectivity index (χ3n) is 4.64. The van der Waals surface area contributed by atoms with E-state index in [4.69, 9.17) is 9.40 Å². The van der Waals surface area contributed by atoms with Gasteiger partial charge in [0.05, 0.1) is 16.8 Å². The zero-order valence-electron chi connectivity index (χ0n) is 15.9. The van der Waals surface area contributed by atoms with Crippen LogP contribution in [-0.4, -0.2) is 24.5 Å². The Morgan fingerprint density at radius 2 is 2.00 bits per heavy atom. The van der Waals surface area contributed by atoms with Crippen molar-refractivity contribution in [3.8, 4) is 0 Å². The largest absolute Gasteiger partial charge is 0.448 e. The van der Waals surface area contributed by atoms with Gasteiger partial charge in [-0.2, -0.15) is 0 Å². The van der Waals surface area contributed by atoms with Gasteiger partial charge in [-0.3, -0.25) is 0 Å². The molecule has 3 aromatic heterocycles. The van der Waals surface area contributed by atoms with Crippen LogP contribution in [0.2, 0.25) is 0 Å². The van der Waals surface area contributed by atoms with Gasteiger partial charge in [0.1, 0.15) is 17.9 Å². The van der Waals surface area contributed by atoms with Crippen molar-refractivity contribution in [1.29, 1.82) is 0 Å². The van der Waals surface area contributed by atoms with Gasteiger partial charge in [-0.15, -0.1) is 0 Å². The molecule has 3 aromatic rings. The van der Waals surface area contributed by atoms with E-state index in [1.807, 2.05) is 13.2 Å². The highest BCUT2D eigenvalue weighted by atomic mass is 16.3. The van der Waals surface area contributed by atoms with Gasteiger partial charge < -0.3 is 14.0 Å². The molecule has 0 aliphatic rings. The SMILES string of the molecule is CC(C)c1nc(C(C)(C)c2nc(CC(C)c3ncc[nH]3)cn2C)co1. The summed E-state index contributed by atoms with van der Waals surface area (Å²) in [4.78, 5) is 17.1. The van der Waals surface area contributed by atoms with Crippen LogP contribution in [0.1, 0.15) is 75.4 Å². The van der Waals surface area contributed by atoms with E-state index in [9.17, 15) is 0 Å². The maximum Gasteiger partial charge on any atom is 0.196 e. The molecule has 3 heterocycles. The van der Waals surface area contributed by atoms with Gasteiger partial charge in [-0.05, 0) is 13.8 Å². The molecule has 6 nitrogen and oxygen atoms in total. The van der Waals surface area contributed by atoms with Crippen molar-refractivity contribution >= 4 is 0 Å². The summed E-state index contributed by atoms with van der Waals surface area (Å²) in [6, 6.07) is 0. The number of aromatic amines is 1. The Morgan fingerprint density at radius 1 is 1.24 bits per heavy atom. The molecule has 0 aliphatic heterocycles. The van der Waals surface area contributed by atoms with Gasteiger partial charge in [0.15, 0.2) is 5.89 Å². The second-order valence-electron chi connectivity index (χ2n) is 7.60. The Labute approximate surface area is 148 Å². The molecule has 1 N–H and O–H groups in total. The minimum atomic E-state index is -0.322. The first-order valence-electron chi connectivity index (χ1n) is 8.77. The van der Waals surface area contributed by atoms with Gasteiger partial charge in [0.25, 0.3) is 0 Å². The fourth-order valence-electron chi connectivity index (χ4n) is 3.12. The van der Waals surface area contributed by atoms with Gasteiger partial charge >= 0.3 is 0 Å². The first kappa shape index (κ1) is 17.5. The number of rotatable bonds is 6. The highest BCUT2D eigenvalue weighted by Gasteiger charge is 2.32. The third-order valence-corrected chi connectivity index (χ3v) is 4.64. The van der Waals surface area contributed by atoms with Crippen LogP contribution in [0.4, 0.5) is 0 Å². The van der Waals surface area contributed by atoms with Crippen LogP contribution < -0.4 is 0 Å². The summed E-state index contributed by atoms with van der Waals surface area (Å²) in [6.07, 6.45) is 8.34. The van der Waals surface area contributed by atoms with Crippen molar-refractivity contribution in [3.63, 3.8) is 0 Å². The molecule has 1 atom stereocenters. The number of nitrogens with one attached hydrogen (secondary N) is 1. The molecule has 0 bridgehead atoms. The van der Waals surface area contributed by atoms with Crippen LogP contribution in [0.25, 0.3) is 0 Å². The predicted molar refractivity (Wildman–Crippen MR) is 96.6 cm³/mol. The number of H-pyrrole nitrogens is 1. The van der Waals surface area contributed by atoms with Crippen molar-refractivity contribution in [2.75, 3.05) is 0 Å². The molecule has 25 heavy (non-hydrogen) atoms. The number of imidazole rings is 2. The molecule has 134 valence electrons. The van der Waals surface area contributed by atoms with Crippen LogP contribution in [0.3, 0.4) is 0 Å². The second kappa shape index (κ2) is 6.50. The number of aryl methyl sites for hydroxylation is 1. The average molecular weight is 341 g/mol. The number of hydrogen-bond donors (Lipinski definition) is 1. The number of hydrogen-bond acceptors (Lipinski definition) is 4. The Kier molecular flexibility index (Phi) is 4.54. The van der Waals surface area contributed by atoms with Gasteiger partial charge in [0, 0.05) is 43.9 Å². The molecule has 6 heteroatoms. The van der Waals surface area contributed by atoms with Crippen LogP contribution >= 0.6 is 0 Å². The van der Waals surface area contributed by atoms with Crippen molar-refractivity contribution in [2.45, 2.75) is 58.3 Å². The number of nitrogens with zero attached hydrogens (tertiary/aromatic N) is 4. The van der Waals surface area contributed by atoms with Crippen molar-refractivity contribution in [2.24, 2.45) is 7.05 Å². The summed E-state index contributed by atoms with van der Waals surface area (Å²) in [5, 5.41) is 0. The minimum absolute atomic E-state index is 0.274. The molecule has 0 saturated heterocycles. The lowest BCUT2D eigenvalue weighted by molar-refractivity contribution is 0.469. The normalized spacial score (nSPS) is 13.6. The van der Waals surface area contributed by atoms with Crippen LogP contribution in [0.5, 0.6) is 0 Å². The molecule has 0 radical (unpaired) electrons. The molecule has 0 aliphatic carbocycles. The topological polar surface area (TPSA) is 72.5 Å². The summed E-state index contributed by atoms with van der Waals surface area (Å²) in [7, 11) is 2.04. The molecular weight excluding hydrogens is 314 g/mol. The van der Waals surface area contributed by atoms with Crippen molar-refractivity contribution < 1.29 is 4.42 Å². The molecule has 0 aromatic carbocycles. The van der Waals surface area contributed by atoms with E-state index in [1.165, 1.54) is 0 Å². The molecule has 3 rings (SSSR count). The van der Waals surface area contributed by atoms with E-state index in [2.05, 4.69) is 60.3 Å². The molecule has 0 saturated carbocycles. The smallest absolute Gasteiger partial charge is 0.196 e.